The predicted molar refractivity (Wildman–Crippen MR) is 121 cm³/mol. The Hall–Kier alpha value is -2.20. The largest absolute Gasteiger partial charge is 0.493 e. The van der Waals surface area contributed by atoms with Crippen LogP contribution in [0.15, 0.2) is 24.3 Å². The van der Waals surface area contributed by atoms with Gasteiger partial charge in [-0.25, -0.2) is 0 Å². The lowest BCUT2D eigenvalue weighted by Gasteiger charge is -2.37. The molecule has 3 heterocycles. The van der Waals surface area contributed by atoms with E-state index in [1.54, 1.807) is 45.4 Å². The highest BCUT2D eigenvalue weighted by Gasteiger charge is 2.47. The minimum Gasteiger partial charge on any atom is -0.493 e. The zero-order valence-electron chi connectivity index (χ0n) is 17.4. The number of hydrogen-bond donors (Lipinski definition) is 1. The van der Waals surface area contributed by atoms with Gasteiger partial charge in [-0.1, -0.05) is 22.6 Å². The van der Waals surface area contributed by atoms with Crippen molar-refractivity contribution in [1.29, 1.82) is 0 Å². The second-order valence-electron chi connectivity index (χ2n) is 8.27. The minimum absolute atomic E-state index is 0.0186. The van der Waals surface area contributed by atoms with Gasteiger partial charge in [-0.05, 0) is 25.1 Å². The average Bonchev–Trinajstić information content (AvgIpc) is 3.23. The summed E-state index contributed by atoms with van der Waals surface area (Å²) in [5, 5.41) is 10.7. The minimum atomic E-state index is -0.976. The van der Waals surface area contributed by atoms with Gasteiger partial charge in [-0.2, -0.15) is 0 Å². The Morgan fingerprint density at radius 2 is 1.90 bits per heavy atom. The molecule has 1 N–H and O–H groups in total. The van der Waals surface area contributed by atoms with E-state index in [4.69, 9.17) is 23.7 Å². The zero-order valence-corrected chi connectivity index (χ0v) is 19.6. The molecule has 7 nitrogen and oxygen atoms in total. The fourth-order valence-electron chi connectivity index (χ4n) is 4.50. The molecule has 0 saturated heterocycles. The van der Waals surface area contributed by atoms with Crippen molar-refractivity contribution in [2.24, 2.45) is 0 Å². The molecular weight excluding hydrogens is 513 g/mol. The number of ketones is 1. The summed E-state index contributed by atoms with van der Waals surface area (Å²) < 4.78 is 29.6. The van der Waals surface area contributed by atoms with Crippen LogP contribution in [0.3, 0.4) is 0 Å². The summed E-state index contributed by atoms with van der Waals surface area (Å²) in [6, 6.07) is 7.10. The second kappa shape index (κ2) is 7.44. The van der Waals surface area contributed by atoms with Crippen LogP contribution in [-0.2, 0) is 6.42 Å². The molecule has 4 atom stereocenters. The van der Waals surface area contributed by atoms with Crippen molar-refractivity contribution in [3.8, 4) is 28.7 Å². The number of methoxy groups -OCH3 is 2. The molecule has 0 bridgehead atoms. The number of ether oxygens (including phenoxy) is 5. The summed E-state index contributed by atoms with van der Waals surface area (Å²) in [5.41, 5.74) is 1.11. The lowest BCUT2D eigenvalue weighted by atomic mass is 9.81. The topological polar surface area (TPSA) is 83.5 Å². The van der Waals surface area contributed by atoms with E-state index in [9.17, 15) is 9.90 Å². The first-order valence-corrected chi connectivity index (χ1v) is 11.6. The lowest BCUT2D eigenvalue weighted by Crippen LogP contribution is -2.44. The van der Waals surface area contributed by atoms with Crippen molar-refractivity contribution >= 4 is 28.4 Å². The third-order valence-corrected chi connectivity index (χ3v) is 7.83. The maximum Gasteiger partial charge on any atom is 0.178 e. The van der Waals surface area contributed by atoms with Crippen LogP contribution in [0, 0.1) is 0 Å². The first kappa shape index (κ1) is 20.7. The molecular formula is C23H23IO7. The third kappa shape index (κ3) is 3.14. The first-order chi connectivity index (χ1) is 14.9. The van der Waals surface area contributed by atoms with Gasteiger partial charge in [-0.3, -0.25) is 4.79 Å². The summed E-state index contributed by atoms with van der Waals surface area (Å²) in [4.78, 5) is 13.6. The van der Waals surface area contributed by atoms with Crippen molar-refractivity contribution < 1.29 is 33.6 Å². The number of carbonyl (C=O) groups excluding carboxylic acids is 1. The summed E-state index contributed by atoms with van der Waals surface area (Å²) in [5.74, 6) is 2.37. The van der Waals surface area contributed by atoms with Crippen LogP contribution in [0.25, 0.3) is 0 Å². The van der Waals surface area contributed by atoms with Crippen LogP contribution in [0.4, 0.5) is 0 Å². The number of halogens is 1. The molecule has 0 unspecified atom stereocenters. The summed E-state index contributed by atoms with van der Waals surface area (Å²) in [6.07, 6.45) is -0.356. The number of carbonyl (C=O) groups is 1. The smallest absolute Gasteiger partial charge is 0.178 e. The van der Waals surface area contributed by atoms with Gasteiger partial charge in [0.2, 0.25) is 0 Å². The van der Waals surface area contributed by atoms with E-state index < -0.39 is 17.6 Å². The summed E-state index contributed by atoms with van der Waals surface area (Å²) in [6.45, 7) is 2.01. The highest BCUT2D eigenvalue weighted by atomic mass is 125. The fourth-order valence-corrected chi connectivity index (χ4v) is 4.99. The maximum atomic E-state index is 13.6. The summed E-state index contributed by atoms with van der Waals surface area (Å²) in [7, 11) is 3.12. The lowest BCUT2D eigenvalue weighted by molar-refractivity contribution is -0.0167. The van der Waals surface area contributed by atoms with Crippen LogP contribution in [-0.4, -0.2) is 54.0 Å². The van der Waals surface area contributed by atoms with E-state index in [0.29, 0.717) is 45.2 Å². The van der Waals surface area contributed by atoms with Crippen LogP contribution >= 0.6 is 22.6 Å². The standard InChI is InChI=1S/C23H23IO7/c1-23(26,10-24)19-7-13-14(30-19)5-4-11-21(25)20-12-6-16(27-2)17(28-3)8-15(12)29-9-18(20)31-22(11)13/h4-6,8,18-20,26H,7,9-10H2,1-3H3/t18-,19-,20+,23+/m1/s1/i24-2. The highest BCUT2D eigenvalue weighted by molar-refractivity contribution is 14.1. The number of Topliss-reactive ketones (excluding diaryl/α,β-unsaturated/α-hetero) is 1. The van der Waals surface area contributed by atoms with Gasteiger partial charge in [0.25, 0.3) is 0 Å². The summed E-state index contributed by atoms with van der Waals surface area (Å²) >= 11 is 2.15. The van der Waals surface area contributed by atoms with E-state index in [1.807, 2.05) is 0 Å². The molecule has 0 aromatic heterocycles. The van der Waals surface area contributed by atoms with Crippen molar-refractivity contribution in [1.82, 2.24) is 0 Å². The first-order valence-electron chi connectivity index (χ1n) is 10.1. The average molecular weight is 536 g/mol. The zero-order chi connectivity index (χ0) is 21.9. The third-order valence-electron chi connectivity index (χ3n) is 6.28. The van der Waals surface area contributed by atoms with Crippen LogP contribution < -0.4 is 23.7 Å². The molecule has 2 aromatic carbocycles. The molecule has 5 rings (SSSR count). The van der Waals surface area contributed by atoms with E-state index in [1.165, 1.54) is 0 Å². The number of fused-ring (bicyclic) bond motifs is 6. The Morgan fingerprint density at radius 3 is 2.61 bits per heavy atom. The van der Waals surface area contributed by atoms with E-state index in [2.05, 4.69) is 22.6 Å². The molecule has 0 saturated carbocycles. The number of aliphatic hydroxyl groups is 1. The second-order valence-corrected chi connectivity index (χ2v) is 9.04. The quantitative estimate of drug-likeness (QED) is 0.475. The Morgan fingerprint density at radius 1 is 1.16 bits per heavy atom. The van der Waals surface area contributed by atoms with Gasteiger partial charge in [0.15, 0.2) is 17.3 Å². The van der Waals surface area contributed by atoms with Crippen LogP contribution in [0.1, 0.15) is 34.3 Å². The van der Waals surface area contributed by atoms with Crippen molar-refractivity contribution in [3.63, 3.8) is 0 Å². The van der Waals surface area contributed by atoms with Gasteiger partial charge in [0.1, 0.15) is 41.7 Å². The van der Waals surface area contributed by atoms with Crippen molar-refractivity contribution in [3.05, 3.63) is 41.0 Å². The van der Waals surface area contributed by atoms with E-state index in [-0.39, 0.29) is 18.5 Å². The molecule has 2 aromatic rings. The molecule has 0 amide bonds. The Kier molecular flexibility index (Phi) is 4.97. The number of rotatable bonds is 4. The molecule has 31 heavy (non-hydrogen) atoms. The molecule has 3 aliphatic rings. The Labute approximate surface area is 193 Å². The van der Waals surface area contributed by atoms with E-state index in [0.717, 1.165) is 11.1 Å². The molecule has 8 heteroatoms. The van der Waals surface area contributed by atoms with Crippen molar-refractivity contribution in [2.45, 2.75) is 37.1 Å². The van der Waals surface area contributed by atoms with E-state index >= 15 is 0 Å². The predicted octanol–water partition coefficient (Wildman–Crippen LogP) is 3.31. The normalized spacial score (nSPS) is 24.9. The monoisotopic (exact) mass is 536 g/mol. The molecule has 0 aliphatic carbocycles. The molecule has 0 radical (unpaired) electrons. The fraction of sp³-hybridized carbons (Fsp3) is 0.435. The SMILES string of the molecule is COc1cc2c(cc1OC)[C@@H]1C(=O)c3ccc4c(c3O[C@@H]1CO2)C[C@H]([C@@](C)(O)C[125I])O4. The highest BCUT2D eigenvalue weighted by Crippen LogP contribution is 2.50. The van der Waals surface area contributed by atoms with Gasteiger partial charge in [0, 0.05) is 28.0 Å². The van der Waals surface area contributed by atoms with Gasteiger partial charge >= 0.3 is 0 Å². The molecule has 0 fully saturated rings. The van der Waals surface area contributed by atoms with Gasteiger partial charge in [-0.15, -0.1) is 0 Å². The number of alkyl halides is 1. The Balaban J connectivity index is 1.55. The molecule has 164 valence electrons. The Bertz CT molecular complexity index is 1060. The van der Waals surface area contributed by atoms with Gasteiger partial charge < -0.3 is 28.8 Å². The van der Waals surface area contributed by atoms with Gasteiger partial charge in [0.05, 0.1) is 25.7 Å². The van der Waals surface area contributed by atoms with Crippen molar-refractivity contribution in [2.75, 3.05) is 25.3 Å². The van der Waals surface area contributed by atoms with Crippen LogP contribution in [0.2, 0.25) is 0 Å². The maximum absolute atomic E-state index is 13.6. The van der Waals surface area contributed by atoms with Crippen LogP contribution in [0.5, 0.6) is 28.7 Å². The molecule has 0 spiro atoms. The molecule has 3 aliphatic heterocycles. The number of hydrogen-bond acceptors (Lipinski definition) is 7. The number of benzene rings is 2.